The zero-order chi connectivity index (χ0) is 14.7. The highest BCUT2D eigenvalue weighted by Crippen LogP contribution is 2.27. The lowest BCUT2D eigenvalue weighted by Crippen LogP contribution is -2.43. The summed E-state index contributed by atoms with van der Waals surface area (Å²) in [6.07, 6.45) is 5.28. The fourth-order valence-electron chi connectivity index (χ4n) is 3.37. The summed E-state index contributed by atoms with van der Waals surface area (Å²) in [6, 6.07) is 10.4. The van der Waals surface area contributed by atoms with Crippen LogP contribution < -0.4 is 10.2 Å². The maximum absolute atomic E-state index is 3.65. The molecule has 0 aromatic heterocycles. The number of hydrogen-bond donors (Lipinski definition) is 1. The van der Waals surface area contributed by atoms with E-state index in [1.165, 1.54) is 56.6 Å². The van der Waals surface area contributed by atoms with Gasteiger partial charge in [0.1, 0.15) is 0 Å². The van der Waals surface area contributed by atoms with Gasteiger partial charge in [-0.3, -0.25) is 0 Å². The standard InChI is InChI=1S/C18H29N3/c1-3-21-12-10-17(11-13-21)20(2)18-7-5-4-6-15(18)14-19-16-8-9-16/h4-7,16-17,19H,3,8-14H2,1-2H3. The molecule has 3 rings (SSSR count). The smallest absolute Gasteiger partial charge is 0.0411 e. The Morgan fingerprint density at radius 2 is 1.86 bits per heavy atom. The van der Waals surface area contributed by atoms with Crippen LogP contribution in [0.3, 0.4) is 0 Å². The quantitative estimate of drug-likeness (QED) is 0.868. The molecule has 1 saturated carbocycles. The van der Waals surface area contributed by atoms with E-state index in [4.69, 9.17) is 0 Å². The minimum Gasteiger partial charge on any atom is -0.371 e. The van der Waals surface area contributed by atoms with E-state index < -0.39 is 0 Å². The molecule has 1 aromatic rings. The van der Waals surface area contributed by atoms with Crippen molar-refractivity contribution in [3.8, 4) is 0 Å². The van der Waals surface area contributed by atoms with Crippen LogP contribution in [0.4, 0.5) is 5.69 Å². The Hall–Kier alpha value is -1.06. The van der Waals surface area contributed by atoms with Gasteiger partial charge in [0.2, 0.25) is 0 Å². The van der Waals surface area contributed by atoms with Crippen molar-refractivity contribution in [2.24, 2.45) is 0 Å². The SMILES string of the molecule is CCN1CCC(N(C)c2ccccc2CNC2CC2)CC1. The van der Waals surface area contributed by atoms with Gasteiger partial charge in [-0.05, 0) is 43.9 Å². The van der Waals surface area contributed by atoms with Crippen LogP contribution in [0.1, 0.15) is 38.2 Å². The van der Waals surface area contributed by atoms with Gasteiger partial charge in [-0.2, -0.15) is 0 Å². The molecule has 2 fully saturated rings. The summed E-state index contributed by atoms with van der Waals surface area (Å²) in [7, 11) is 2.28. The lowest BCUT2D eigenvalue weighted by Gasteiger charge is -2.38. The molecule has 3 heteroatoms. The molecule has 0 radical (unpaired) electrons. The number of likely N-dealkylation sites (tertiary alicyclic amines) is 1. The molecular formula is C18H29N3. The second kappa shape index (κ2) is 6.80. The third kappa shape index (κ3) is 3.78. The van der Waals surface area contributed by atoms with E-state index in [9.17, 15) is 0 Å². The van der Waals surface area contributed by atoms with Crippen LogP contribution in [-0.2, 0) is 6.54 Å². The summed E-state index contributed by atoms with van der Waals surface area (Å²) >= 11 is 0. The van der Waals surface area contributed by atoms with E-state index in [1.807, 2.05) is 0 Å². The van der Waals surface area contributed by atoms with Gasteiger partial charge in [-0.1, -0.05) is 25.1 Å². The first-order valence-electron chi connectivity index (χ1n) is 8.54. The highest BCUT2D eigenvalue weighted by molar-refractivity contribution is 5.54. The van der Waals surface area contributed by atoms with E-state index in [0.717, 1.165) is 12.6 Å². The third-order valence-electron chi connectivity index (χ3n) is 5.08. The van der Waals surface area contributed by atoms with Gasteiger partial charge >= 0.3 is 0 Å². The molecule has 0 unspecified atom stereocenters. The van der Waals surface area contributed by atoms with Crippen molar-refractivity contribution < 1.29 is 0 Å². The van der Waals surface area contributed by atoms with Crippen molar-refractivity contribution in [3.63, 3.8) is 0 Å². The van der Waals surface area contributed by atoms with Gasteiger partial charge in [-0.25, -0.2) is 0 Å². The molecule has 3 nitrogen and oxygen atoms in total. The van der Waals surface area contributed by atoms with Crippen molar-refractivity contribution in [2.45, 2.75) is 51.2 Å². The zero-order valence-electron chi connectivity index (χ0n) is 13.5. The van der Waals surface area contributed by atoms with E-state index in [0.29, 0.717) is 6.04 Å². The number of para-hydroxylation sites is 1. The lowest BCUT2D eigenvalue weighted by atomic mass is 10.0. The Balaban J connectivity index is 1.64. The van der Waals surface area contributed by atoms with Crippen LogP contribution in [0, 0.1) is 0 Å². The Morgan fingerprint density at radius 1 is 1.14 bits per heavy atom. The number of piperidine rings is 1. The average molecular weight is 287 g/mol. The van der Waals surface area contributed by atoms with Crippen molar-refractivity contribution in [1.82, 2.24) is 10.2 Å². The molecule has 1 aromatic carbocycles. The summed E-state index contributed by atoms with van der Waals surface area (Å²) in [5.74, 6) is 0. The molecule has 21 heavy (non-hydrogen) atoms. The summed E-state index contributed by atoms with van der Waals surface area (Å²) in [6.45, 7) is 6.96. The molecular weight excluding hydrogens is 258 g/mol. The largest absolute Gasteiger partial charge is 0.371 e. The Labute approximate surface area is 129 Å². The second-order valence-electron chi connectivity index (χ2n) is 6.56. The van der Waals surface area contributed by atoms with Crippen LogP contribution in [0.25, 0.3) is 0 Å². The van der Waals surface area contributed by atoms with E-state index in [2.05, 4.69) is 53.4 Å². The van der Waals surface area contributed by atoms with Crippen molar-refractivity contribution >= 4 is 5.69 Å². The molecule has 116 valence electrons. The Bertz CT molecular complexity index is 448. The lowest BCUT2D eigenvalue weighted by molar-refractivity contribution is 0.221. The highest BCUT2D eigenvalue weighted by Gasteiger charge is 2.24. The van der Waals surface area contributed by atoms with Gasteiger partial charge in [0.15, 0.2) is 0 Å². The van der Waals surface area contributed by atoms with Gasteiger partial charge < -0.3 is 15.1 Å². The monoisotopic (exact) mass is 287 g/mol. The first kappa shape index (κ1) is 14.9. The first-order valence-corrected chi connectivity index (χ1v) is 8.54. The summed E-state index contributed by atoms with van der Waals surface area (Å²) < 4.78 is 0. The Morgan fingerprint density at radius 3 is 2.52 bits per heavy atom. The third-order valence-corrected chi connectivity index (χ3v) is 5.08. The molecule has 1 aliphatic heterocycles. The van der Waals surface area contributed by atoms with E-state index >= 15 is 0 Å². The van der Waals surface area contributed by atoms with Gasteiger partial charge in [0.25, 0.3) is 0 Å². The second-order valence-corrected chi connectivity index (χ2v) is 6.56. The fourth-order valence-corrected chi connectivity index (χ4v) is 3.37. The number of nitrogens with zero attached hydrogens (tertiary/aromatic N) is 2. The van der Waals surface area contributed by atoms with Crippen LogP contribution in [0.2, 0.25) is 0 Å². The normalized spacial score (nSPS) is 20.7. The average Bonchev–Trinajstić information content (AvgIpc) is 3.37. The predicted molar refractivity (Wildman–Crippen MR) is 89.8 cm³/mol. The summed E-state index contributed by atoms with van der Waals surface area (Å²) in [4.78, 5) is 5.09. The van der Waals surface area contributed by atoms with E-state index in [-0.39, 0.29) is 0 Å². The molecule has 0 amide bonds. The summed E-state index contributed by atoms with van der Waals surface area (Å²) in [5, 5.41) is 3.65. The number of benzene rings is 1. The van der Waals surface area contributed by atoms with Crippen LogP contribution in [0.5, 0.6) is 0 Å². The number of nitrogens with one attached hydrogen (secondary N) is 1. The van der Waals surface area contributed by atoms with Crippen molar-refractivity contribution in [3.05, 3.63) is 29.8 Å². The maximum Gasteiger partial charge on any atom is 0.0411 e. The predicted octanol–water partition coefficient (Wildman–Crippen LogP) is 2.86. The van der Waals surface area contributed by atoms with Gasteiger partial charge in [-0.15, -0.1) is 0 Å². The Kier molecular flexibility index (Phi) is 4.81. The zero-order valence-corrected chi connectivity index (χ0v) is 13.5. The van der Waals surface area contributed by atoms with Gasteiger partial charge in [0, 0.05) is 44.5 Å². The number of anilines is 1. The molecule has 0 atom stereocenters. The molecule has 0 bridgehead atoms. The molecule has 1 aliphatic carbocycles. The van der Waals surface area contributed by atoms with Crippen LogP contribution in [0.15, 0.2) is 24.3 Å². The fraction of sp³-hybridized carbons (Fsp3) is 0.667. The molecule has 0 spiro atoms. The van der Waals surface area contributed by atoms with Crippen molar-refractivity contribution in [2.75, 3.05) is 31.6 Å². The maximum atomic E-state index is 3.65. The molecule has 2 aliphatic rings. The summed E-state index contributed by atoms with van der Waals surface area (Å²) in [5.41, 5.74) is 2.87. The molecule has 1 saturated heterocycles. The van der Waals surface area contributed by atoms with E-state index in [1.54, 1.807) is 0 Å². The molecule has 1 N–H and O–H groups in total. The minimum absolute atomic E-state index is 0.690. The van der Waals surface area contributed by atoms with Crippen LogP contribution >= 0.6 is 0 Å². The minimum atomic E-state index is 0.690. The van der Waals surface area contributed by atoms with Crippen molar-refractivity contribution in [1.29, 1.82) is 0 Å². The van der Waals surface area contributed by atoms with Gasteiger partial charge in [0.05, 0.1) is 0 Å². The number of rotatable bonds is 6. The molecule has 1 heterocycles. The number of hydrogen-bond acceptors (Lipinski definition) is 3. The first-order chi connectivity index (χ1) is 10.3. The highest BCUT2D eigenvalue weighted by atomic mass is 15.2. The van der Waals surface area contributed by atoms with Crippen LogP contribution in [-0.4, -0.2) is 43.7 Å². The topological polar surface area (TPSA) is 18.5 Å².